The number of aliphatic carboxylic acids is 1. The molecular formula is C26H30N2O7. The standard InChI is InChI=1S/C26H30N2O7/c1-16(24(30)28-22(25(31)32)11-12-23(29)34-2)13-14-27-26(33)35-15-21-19-9-5-3-7-17(19)18-8-4-6-10-20(18)21/h3-10,16,21-22H,11-15H2,1-2H3,(H,27,33)(H,28,30)(H,31,32). The van der Waals surface area contributed by atoms with Crippen molar-refractivity contribution in [1.29, 1.82) is 0 Å². The lowest BCUT2D eigenvalue weighted by Gasteiger charge is -2.18. The van der Waals surface area contributed by atoms with Gasteiger partial charge in [-0.2, -0.15) is 0 Å². The number of carbonyl (C=O) groups excluding carboxylic acids is 3. The normalized spacial score (nSPS) is 13.7. The van der Waals surface area contributed by atoms with Gasteiger partial charge in [0.25, 0.3) is 0 Å². The van der Waals surface area contributed by atoms with Crippen LogP contribution in [0.2, 0.25) is 0 Å². The van der Waals surface area contributed by atoms with Crippen LogP contribution in [0.3, 0.4) is 0 Å². The van der Waals surface area contributed by atoms with Gasteiger partial charge < -0.3 is 25.2 Å². The van der Waals surface area contributed by atoms with Crippen LogP contribution < -0.4 is 10.6 Å². The van der Waals surface area contributed by atoms with Crippen molar-refractivity contribution in [1.82, 2.24) is 10.6 Å². The highest BCUT2D eigenvalue weighted by molar-refractivity contribution is 5.85. The maximum Gasteiger partial charge on any atom is 0.407 e. The number of fused-ring (bicyclic) bond motifs is 3. The average Bonchev–Trinajstić information content (AvgIpc) is 3.18. The van der Waals surface area contributed by atoms with Crippen molar-refractivity contribution in [3.05, 3.63) is 59.7 Å². The Bertz CT molecular complexity index is 1040. The number of benzene rings is 2. The Morgan fingerprint density at radius 3 is 2.14 bits per heavy atom. The van der Waals surface area contributed by atoms with Crippen LogP contribution in [0.1, 0.15) is 43.2 Å². The number of alkyl carbamates (subject to hydrolysis) is 1. The van der Waals surface area contributed by atoms with Gasteiger partial charge in [-0.25, -0.2) is 9.59 Å². The fraction of sp³-hybridized carbons (Fsp3) is 0.385. The molecule has 9 nitrogen and oxygen atoms in total. The Kier molecular flexibility index (Phi) is 8.83. The zero-order chi connectivity index (χ0) is 25.4. The second-order valence-corrected chi connectivity index (χ2v) is 8.46. The number of amides is 2. The molecule has 0 fully saturated rings. The molecule has 0 aromatic heterocycles. The van der Waals surface area contributed by atoms with Crippen molar-refractivity contribution in [3.8, 4) is 11.1 Å². The zero-order valence-electron chi connectivity index (χ0n) is 19.8. The van der Waals surface area contributed by atoms with E-state index in [4.69, 9.17) is 4.74 Å². The summed E-state index contributed by atoms with van der Waals surface area (Å²) in [4.78, 5) is 47.2. The van der Waals surface area contributed by atoms with Crippen molar-refractivity contribution in [2.24, 2.45) is 5.92 Å². The lowest BCUT2D eigenvalue weighted by atomic mass is 9.98. The minimum Gasteiger partial charge on any atom is -0.480 e. The molecule has 2 aromatic rings. The molecule has 0 aliphatic heterocycles. The Balaban J connectivity index is 1.44. The summed E-state index contributed by atoms with van der Waals surface area (Å²) in [6, 6.07) is 14.9. The minimum atomic E-state index is -1.23. The van der Waals surface area contributed by atoms with Crippen LogP contribution in [0.25, 0.3) is 11.1 Å². The summed E-state index contributed by atoms with van der Waals surface area (Å²) in [7, 11) is 1.21. The van der Waals surface area contributed by atoms with E-state index in [9.17, 15) is 24.3 Å². The summed E-state index contributed by atoms with van der Waals surface area (Å²) < 4.78 is 9.97. The molecule has 1 aliphatic carbocycles. The Morgan fingerprint density at radius 2 is 1.57 bits per heavy atom. The van der Waals surface area contributed by atoms with Crippen molar-refractivity contribution in [3.63, 3.8) is 0 Å². The van der Waals surface area contributed by atoms with Gasteiger partial charge in [0.15, 0.2) is 0 Å². The lowest BCUT2D eigenvalue weighted by Crippen LogP contribution is -2.44. The van der Waals surface area contributed by atoms with E-state index < -0.39 is 35.9 Å². The predicted molar refractivity (Wildman–Crippen MR) is 128 cm³/mol. The maximum absolute atomic E-state index is 12.3. The second kappa shape index (κ2) is 12.0. The fourth-order valence-corrected chi connectivity index (χ4v) is 4.11. The van der Waals surface area contributed by atoms with E-state index in [1.807, 2.05) is 36.4 Å². The summed E-state index contributed by atoms with van der Waals surface area (Å²) >= 11 is 0. The van der Waals surface area contributed by atoms with Crippen LogP contribution in [0.5, 0.6) is 0 Å². The van der Waals surface area contributed by atoms with Gasteiger partial charge in [0, 0.05) is 24.8 Å². The molecule has 0 saturated carbocycles. The molecule has 3 N–H and O–H groups in total. The number of rotatable bonds is 11. The largest absolute Gasteiger partial charge is 0.480 e. The molecule has 35 heavy (non-hydrogen) atoms. The predicted octanol–water partition coefficient (Wildman–Crippen LogP) is 3.07. The maximum atomic E-state index is 12.3. The van der Waals surface area contributed by atoms with E-state index in [-0.39, 0.29) is 31.9 Å². The summed E-state index contributed by atoms with van der Waals surface area (Å²) in [5.74, 6) is -2.85. The molecule has 2 amide bonds. The molecular weight excluding hydrogens is 452 g/mol. The first-order valence-corrected chi connectivity index (χ1v) is 11.5. The molecule has 3 rings (SSSR count). The van der Waals surface area contributed by atoms with Crippen molar-refractivity contribution < 1.29 is 33.8 Å². The highest BCUT2D eigenvalue weighted by Crippen LogP contribution is 2.44. The van der Waals surface area contributed by atoms with E-state index in [1.165, 1.54) is 7.11 Å². The van der Waals surface area contributed by atoms with Gasteiger partial charge in [-0.15, -0.1) is 0 Å². The van der Waals surface area contributed by atoms with Crippen molar-refractivity contribution in [2.75, 3.05) is 20.3 Å². The quantitative estimate of drug-likeness (QED) is 0.420. The molecule has 0 spiro atoms. The number of methoxy groups -OCH3 is 1. The molecule has 9 heteroatoms. The SMILES string of the molecule is COC(=O)CCC(NC(=O)C(C)CCNC(=O)OCC1c2ccccc2-c2ccccc21)C(=O)O. The molecule has 0 bridgehead atoms. The Morgan fingerprint density at radius 1 is 0.971 bits per heavy atom. The summed E-state index contributed by atoms with van der Waals surface area (Å²) in [6.45, 7) is 2.01. The van der Waals surface area contributed by atoms with Crippen LogP contribution in [0, 0.1) is 5.92 Å². The fourth-order valence-electron chi connectivity index (χ4n) is 4.11. The lowest BCUT2D eigenvalue weighted by molar-refractivity contribution is -0.144. The van der Waals surface area contributed by atoms with Crippen molar-refractivity contribution >= 4 is 23.9 Å². The third kappa shape index (κ3) is 6.59. The monoisotopic (exact) mass is 482 g/mol. The molecule has 0 saturated heterocycles. The molecule has 186 valence electrons. The molecule has 2 aromatic carbocycles. The van der Waals surface area contributed by atoms with Crippen LogP contribution >= 0.6 is 0 Å². The van der Waals surface area contributed by atoms with Gasteiger partial charge >= 0.3 is 18.0 Å². The van der Waals surface area contributed by atoms with Gasteiger partial charge in [-0.05, 0) is 35.1 Å². The number of ether oxygens (including phenoxy) is 2. The summed E-state index contributed by atoms with van der Waals surface area (Å²) in [5.41, 5.74) is 4.52. The van der Waals surface area contributed by atoms with E-state index in [1.54, 1.807) is 6.92 Å². The van der Waals surface area contributed by atoms with Gasteiger partial charge in [-0.1, -0.05) is 55.5 Å². The Labute approximate surface area is 203 Å². The van der Waals surface area contributed by atoms with E-state index in [0.29, 0.717) is 6.42 Å². The smallest absolute Gasteiger partial charge is 0.407 e. The number of carbonyl (C=O) groups is 4. The van der Waals surface area contributed by atoms with Crippen LogP contribution in [0.4, 0.5) is 4.79 Å². The number of esters is 1. The number of nitrogens with one attached hydrogen (secondary N) is 2. The van der Waals surface area contributed by atoms with Gasteiger partial charge in [0.05, 0.1) is 7.11 Å². The van der Waals surface area contributed by atoms with Gasteiger partial charge in [-0.3, -0.25) is 9.59 Å². The highest BCUT2D eigenvalue weighted by Gasteiger charge is 2.29. The topological polar surface area (TPSA) is 131 Å². The molecule has 1 aliphatic rings. The minimum absolute atomic E-state index is 0.0456. The van der Waals surface area contributed by atoms with E-state index in [0.717, 1.165) is 22.3 Å². The molecule has 2 atom stereocenters. The van der Waals surface area contributed by atoms with Crippen LogP contribution in [-0.4, -0.2) is 55.3 Å². The third-order valence-electron chi connectivity index (χ3n) is 6.12. The number of carboxylic acids is 1. The highest BCUT2D eigenvalue weighted by atomic mass is 16.5. The van der Waals surface area contributed by atoms with Gasteiger partial charge in [0.2, 0.25) is 5.91 Å². The molecule has 0 radical (unpaired) electrons. The van der Waals surface area contributed by atoms with E-state index in [2.05, 4.69) is 27.5 Å². The first-order chi connectivity index (χ1) is 16.8. The molecule has 0 heterocycles. The van der Waals surface area contributed by atoms with Crippen molar-refractivity contribution in [2.45, 2.75) is 38.1 Å². The van der Waals surface area contributed by atoms with Crippen LogP contribution in [-0.2, 0) is 23.9 Å². The van der Waals surface area contributed by atoms with E-state index >= 15 is 0 Å². The average molecular weight is 483 g/mol. The molecule has 2 unspecified atom stereocenters. The number of hydrogen-bond acceptors (Lipinski definition) is 6. The first kappa shape index (κ1) is 25.7. The summed E-state index contributed by atoms with van der Waals surface area (Å²) in [5, 5.41) is 14.3. The zero-order valence-corrected chi connectivity index (χ0v) is 19.8. The number of carboxylic acid groups (broad SMARTS) is 1. The number of hydrogen-bond donors (Lipinski definition) is 3. The van der Waals surface area contributed by atoms with Gasteiger partial charge in [0.1, 0.15) is 12.6 Å². The summed E-state index contributed by atoms with van der Waals surface area (Å²) in [6.07, 6.45) is -0.482. The van der Waals surface area contributed by atoms with Crippen LogP contribution in [0.15, 0.2) is 48.5 Å². The Hall–Kier alpha value is -3.88. The third-order valence-corrected chi connectivity index (χ3v) is 6.12. The second-order valence-electron chi connectivity index (χ2n) is 8.46. The first-order valence-electron chi connectivity index (χ1n) is 11.5.